The van der Waals surface area contributed by atoms with Crippen molar-refractivity contribution in [2.75, 3.05) is 10.6 Å². The number of nitrogens with zero attached hydrogens (tertiary/aromatic N) is 1. The van der Waals surface area contributed by atoms with Gasteiger partial charge in [0.05, 0.1) is 21.9 Å². The number of pyridine rings is 1. The predicted molar refractivity (Wildman–Crippen MR) is 106 cm³/mol. The number of H-pyrrole nitrogens is 1. The number of benzene rings is 2. The predicted octanol–water partition coefficient (Wildman–Crippen LogP) is 5.53. The zero-order chi connectivity index (χ0) is 17.9. The Morgan fingerprint density at radius 3 is 2.46 bits per heavy atom. The number of carbonyl (C=O) groups excluding carboxylic acids is 1. The lowest BCUT2D eigenvalue weighted by molar-refractivity contribution is 0.262. The van der Waals surface area contributed by atoms with Crippen molar-refractivity contribution in [3.8, 4) is 11.3 Å². The molecule has 5 nitrogen and oxygen atoms in total. The van der Waals surface area contributed by atoms with Crippen LogP contribution in [0.15, 0.2) is 73.1 Å². The maximum Gasteiger partial charge on any atom is 0.323 e. The topological polar surface area (TPSA) is 69.8 Å². The Balaban J connectivity index is 1.75. The quantitative estimate of drug-likeness (QED) is 0.448. The van der Waals surface area contributed by atoms with Gasteiger partial charge in [0.25, 0.3) is 0 Å². The number of aromatic amines is 1. The van der Waals surface area contributed by atoms with Crippen LogP contribution < -0.4 is 10.6 Å². The van der Waals surface area contributed by atoms with Crippen LogP contribution in [0.25, 0.3) is 22.2 Å². The molecule has 26 heavy (non-hydrogen) atoms. The molecule has 6 heteroatoms. The Morgan fingerprint density at radius 2 is 1.69 bits per heavy atom. The van der Waals surface area contributed by atoms with Crippen LogP contribution in [0, 0.1) is 0 Å². The van der Waals surface area contributed by atoms with Gasteiger partial charge in [0.15, 0.2) is 0 Å². The highest BCUT2D eigenvalue weighted by Gasteiger charge is 2.17. The monoisotopic (exact) mass is 362 g/mol. The number of carbonyl (C=O) groups is 1. The van der Waals surface area contributed by atoms with E-state index in [-0.39, 0.29) is 6.03 Å². The molecule has 0 saturated carbocycles. The Morgan fingerprint density at radius 1 is 0.923 bits per heavy atom. The number of rotatable bonds is 3. The molecule has 0 aliphatic rings. The van der Waals surface area contributed by atoms with Crippen LogP contribution >= 0.6 is 11.6 Å². The summed E-state index contributed by atoms with van der Waals surface area (Å²) in [5.74, 6) is 0. The maximum atomic E-state index is 12.5. The number of para-hydroxylation sites is 2. The summed E-state index contributed by atoms with van der Waals surface area (Å²) in [5, 5.41) is 7.21. The fourth-order valence-electron chi connectivity index (χ4n) is 2.84. The largest absolute Gasteiger partial charge is 0.352 e. The van der Waals surface area contributed by atoms with Crippen molar-refractivity contribution >= 4 is 39.9 Å². The third kappa shape index (κ3) is 3.12. The molecule has 4 aromatic rings. The highest BCUT2D eigenvalue weighted by atomic mass is 35.5. The minimum atomic E-state index is -0.326. The van der Waals surface area contributed by atoms with Gasteiger partial charge in [-0.25, -0.2) is 4.79 Å². The van der Waals surface area contributed by atoms with E-state index in [0.717, 1.165) is 22.2 Å². The second-order valence-electron chi connectivity index (χ2n) is 5.72. The van der Waals surface area contributed by atoms with Gasteiger partial charge in [-0.2, -0.15) is 0 Å². The van der Waals surface area contributed by atoms with Crippen LogP contribution in [0.2, 0.25) is 5.02 Å². The van der Waals surface area contributed by atoms with Gasteiger partial charge in [-0.3, -0.25) is 4.98 Å². The van der Waals surface area contributed by atoms with Crippen LogP contribution in [0.4, 0.5) is 16.2 Å². The van der Waals surface area contributed by atoms with Crippen molar-refractivity contribution in [2.45, 2.75) is 0 Å². The van der Waals surface area contributed by atoms with Crippen molar-refractivity contribution in [3.05, 3.63) is 78.1 Å². The smallest absolute Gasteiger partial charge is 0.323 e. The number of aromatic nitrogens is 2. The van der Waals surface area contributed by atoms with Gasteiger partial charge in [-0.1, -0.05) is 41.9 Å². The highest BCUT2D eigenvalue weighted by Crippen LogP contribution is 2.37. The molecule has 0 bridgehead atoms. The van der Waals surface area contributed by atoms with E-state index >= 15 is 0 Å². The number of urea groups is 1. The maximum absolute atomic E-state index is 12.5. The van der Waals surface area contributed by atoms with E-state index in [4.69, 9.17) is 11.6 Å². The van der Waals surface area contributed by atoms with Crippen LogP contribution in [0.1, 0.15) is 0 Å². The molecule has 2 aromatic heterocycles. The Kier molecular flexibility index (Phi) is 4.29. The first-order chi connectivity index (χ1) is 12.7. The van der Waals surface area contributed by atoms with Gasteiger partial charge >= 0.3 is 6.03 Å². The molecule has 0 atom stereocenters. The van der Waals surface area contributed by atoms with Gasteiger partial charge in [0.1, 0.15) is 0 Å². The molecule has 3 N–H and O–H groups in total. The summed E-state index contributed by atoms with van der Waals surface area (Å²) in [7, 11) is 0. The Hall–Kier alpha value is -3.31. The molecule has 0 aliphatic heterocycles. The van der Waals surface area contributed by atoms with Gasteiger partial charge in [-0.15, -0.1) is 0 Å². The minimum Gasteiger partial charge on any atom is -0.352 e. The van der Waals surface area contributed by atoms with Crippen molar-refractivity contribution in [1.29, 1.82) is 0 Å². The molecule has 2 heterocycles. The van der Waals surface area contributed by atoms with Crippen LogP contribution in [0.5, 0.6) is 0 Å². The second kappa shape index (κ2) is 6.90. The van der Waals surface area contributed by atoms with Crippen molar-refractivity contribution in [2.24, 2.45) is 0 Å². The van der Waals surface area contributed by atoms with Gasteiger partial charge in [0, 0.05) is 29.0 Å². The summed E-state index contributed by atoms with van der Waals surface area (Å²) in [6.45, 7) is 0. The lowest BCUT2D eigenvalue weighted by Crippen LogP contribution is -2.19. The van der Waals surface area contributed by atoms with Gasteiger partial charge in [-0.05, 0) is 30.3 Å². The fourth-order valence-corrected chi connectivity index (χ4v) is 3.07. The Bertz CT molecular complexity index is 1060. The van der Waals surface area contributed by atoms with Crippen molar-refractivity contribution < 1.29 is 4.79 Å². The first kappa shape index (κ1) is 16.2. The number of halogens is 1. The Labute approximate surface area is 155 Å². The lowest BCUT2D eigenvalue weighted by atomic mass is 10.1. The number of hydrogen-bond donors (Lipinski definition) is 3. The van der Waals surface area contributed by atoms with E-state index in [1.54, 1.807) is 12.4 Å². The fraction of sp³-hybridized carbons (Fsp3) is 0. The first-order valence-corrected chi connectivity index (χ1v) is 8.44. The SMILES string of the molecule is O=C(Nc1ccccc1)Nc1c(-c2ccncc2)[nH]c2c(Cl)cccc12. The van der Waals surface area contributed by atoms with E-state index < -0.39 is 0 Å². The molecule has 2 aromatic carbocycles. The molecule has 0 aliphatic carbocycles. The number of fused-ring (bicyclic) bond motifs is 1. The molecule has 0 unspecified atom stereocenters. The van der Waals surface area contributed by atoms with Gasteiger partial charge < -0.3 is 15.6 Å². The number of nitrogens with one attached hydrogen (secondary N) is 3. The molecule has 128 valence electrons. The van der Waals surface area contributed by atoms with Crippen molar-refractivity contribution in [1.82, 2.24) is 9.97 Å². The van der Waals surface area contributed by atoms with E-state index in [1.165, 1.54) is 0 Å². The third-order valence-corrected chi connectivity index (χ3v) is 4.34. The van der Waals surface area contributed by atoms with Crippen LogP contribution in [-0.2, 0) is 0 Å². The first-order valence-electron chi connectivity index (χ1n) is 8.06. The molecule has 0 saturated heterocycles. The van der Waals surface area contributed by atoms with E-state index in [1.807, 2.05) is 60.7 Å². The number of amides is 2. The highest BCUT2D eigenvalue weighted by molar-refractivity contribution is 6.36. The molecule has 2 amide bonds. The average molecular weight is 363 g/mol. The molecule has 0 spiro atoms. The molecule has 0 radical (unpaired) electrons. The summed E-state index contributed by atoms with van der Waals surface area (Å²) in [4.78, 5) is 19.9. The van der Waals surface area contributed by atoms with Crippen LogP contribution in [-0.4, -0.2) is 16.0 Å². The minimum absolute atomic E-state index is 0.326. The van der Waals surface area contributed by atoms with E-state index in [2.05, 4.69) is 20.6 Å². The summed E-state index contributed by atoms with van der Waals surface area (Å²) >= 11 is 6.32. The van der Waals surface area contributed by atoms with E-state index in [0.29, 0.717) is 16.4 Å². The summed E-state index contributed by atoms with van der Waals surface area (Å²) < 4.78 is 0. The zero-order valence-electron chi connectivity index (χ0n) is 13.7. The number of anilines is 2. The zero-order valence-corrected chi connectivity index (χ0v) is 14.4. The normalized spacial score (nSPS) is 10.7. The second-order valence-corrected chi connectivity index (χ2v) is 6.13. The van der Waals surface area contributed by atoms with Crippen molar-refractivity contribution in [3.63, 3.8) is 0 Å². The molecule has 4 rings (SSSR count). The summed E-state index contributed by atoms with van der Waals surface area (Å²) in [6, 6.07) is 18.3. The number of hydrogen-bond acceptors (Lipinski definition) is 2. The standard InChI is InChI=1S/C20H15ClN4O/c21-16-8-4-7-15-18(16)24-17(13-9-11-22-12-10-13)19(15)25-20(26)23-14-5-2-1-3-6-14/h1-12,24H,(H2,23,25,26). The lowest BCUT2D eigenvalue weighted by Gasteiger charge is -2.09. The summed E-state index contributed by atoms with van der Waals surface area (Å²) in [5.41, 5.74) is 3.84. The molecular weight excluding hydrogens is 348 g/mol. The van der Waals surface area contributed by atoms with Crippen LogP contribution in [0.3, 0.4) is 0 Å². The third-order valence-electron chi connectivity index (χ3n) is 4.02. The van der Waals surface area contributed by atoms with E-state index in [9.17, 15) is 4.79 Å². The van der Waals surface area contributed by atoms with Gasteiger partial charge in [0.2, 0.25) is 0 Å². The average Bonchev–Trinajstić information content (AvgIpc) is 3.03. The molecular formula is C20H15ClN4O. The molecule has 0 fully saturated rings. The summed E-state index contributed by atoms with van der Waals surface area (Å²) in [6.07, 6.45) is 3.41.